The molecule has 2 N–H and O–H groups in total. The second-order valence-electron chi connectivity index (χ2n) is 3.78. The summed E-state index contributed by atoms with van der Waals surface area (Å²) in [7, 11) is -2.70. The lowest BCUT2D eigenvalue weighted by Gasteiger charge is -2.36. The molecule has 1 aliphatic carbocycles. The van der Waals surface area contributed by atoms with Crippen LogP contribution in [0.25, 0.3) is 0 Å². The number of hydrogen-bond donors (Lipinski definition) is 2. The molecule has 0 bridgehead atoms. The van der Waals surface area contributed by atoms with Crippen LogP contribution >= 0.6 is 10.6 Å². The molecule has 0 unspecified atom stereocenters. The van der Waals surface area contributed by atoms with Crippen LogP contribution in [0, 0.1) is 0 Å². The van der Waals surface area contributed by atoms with Crippen molar-refractivity contribution in [3.05, 3.63) is 41.3 Å². The highest BCUT2D eigenvalue weighted by atomic mass is 32.3. The van der Waals surface area contributed by atoms with Crippen molar-refractivity contribution in [3.63, 3.8) is 0 Å². The van der Waals surface area contributed by atoms with E-state index in [2.05, 4.69) is 0 Å². The smallest absolute Gasteiger partial charge is 0.0633 e. The van der Waals surface area contributed by atoms with Gasteiger partial charge in [0, 0.05) is 4.91 Å². The van der Waals surface area contributed by atoms with Gasteiger partial charge in [-0.15, -0.1) is 10.6 Å². The summed E-state index contributed by atoms with van der Waals surface area (Å²) in [5.41, 5.74) is 0. The molecule has 1 aromatic carbocycles. The molecular weight excluding hydrogens is 208 g/mol. The Hall–Kier alpha value is -0.770. The molecule has 0 atom stereocenters. The number of rotatable bonds is 2. The van der Waals surface area contributed by atoms with Crippen LogP contribution in [0.5, 0.6) is 0 Å². The third-order valence-corrected chi connectivity index (χ3v) is 4.72. The highest BCUT2D eigenvalue weighted by Crippen LogP contribution is 2.57. The third kappa shape index (κ3) is 2.25. The Kier molecular flexibility index (Phi) is 3.14. The van der Waals surface area contributed by atoms with E-state index in [0.29, 0.717) is 4.90 Å². The molecule has 2 nitrogen and oxygen atoms in total. The molecule has 0 heterocycles. The van der Waals surface area contributed by atoms with Crippen molar-refractivity contribution >= 4 is 10.6 Å². The Balaban J connectivity index is 2.30. The lowest BCUT2D eigenvalue weighted by atomic mass is 10.1. The molecule has 82 valence electrons. The minimum absolute atomic E-state index is 0.637. The number of benzene rings is 1. The SMILES string of the molecule is OS(O)(C1=CCCCC1)c1ccccc1. The Morgan fingerprint density at radius 3 is 2.33 bits per heavy atom. The fourth-order valence-corrected chi connectivity index (χ4v) is 3.45. The van der Waals surface area contributed by atoms with E-state index in [1.54, 1.807) is 12.1 Å². The fourth-order valence-electron chi connectivity index (χ4n) is 1.83. The van der Waals surface area contributed by atoms with Gasteiger partial charge >= 0.3 is 0 Å². The summed E-state index contributed by atoms with van der Waals surface area (Å²) in [6.07, 6.45) is 6.00. The second-order valence-corrected chi connectivity index (χ2v) is 5.87. The predicted molar refractivity (Wildman–Crippen MR) is 64.1 cm³/mol. The number of hydrogen-bond acceptors (Lipinski definition) is 2. The molecule has 3 heteroatoms. The summed E-state index contributed by atoms with van der Waals surface area (Å²) < 4.78 is 20.4. The molecular formula is C12H16O2S. The Bertz CT molecular complexity index is 357. The van der Waals surface area contributed by atoms with Crippen molar-refractivity contribution in [2.45, 2.75) is 30.6 Å². The predicted octanol–water partition coefficient (Wildman–Crippen LogP) is 4.25. The van der Waals surface area contributed by atoms with Crippen LogP contribution in [0.1, 0.15) is 25.7 Å². The van der Waals surface area contributed by atoms with Gasteiger partial charge in [-0.05, 0) is 37.8 Å². The van der Waals surface area contributed by atoms with Gasteiger partial charge in [-0.3, -0.25) is 9.11 Å². The molecule has 2 rings (SSSR count). The van der Waals surface area contributed by atoms with E-state index in [1.807, 2.05) is 24.3 Å². The molecule has 0 aromatic heterocycles. The summed E-state index contributed by atoms with van der Waals surface area (Å²) in [6, 6.07) is 9.13. The minimum Gasteiger partial charge on any atom is -0.291 e. The molecule has 0 spiro atoms. The van der Waals surface area contributed by atoms with Gasteiger partial charge in [-0.25, -0.2) is 0 Å². The Morgan fingerprint density at radius 2 is 1.73 bits per heavy atom. The van der Waals surface area contributed by atoms with Crippen molar-refractivity contribution in [2.75, 3.05) is 0 Å². The molecule has 0 amide bonds. The minimum atomic E-state index is -2.70. The maximum Gasteiger partial charge on any atom is 0.0633 e. The first-order chi connectivity index (χ1) is 7.21. The van der Waals surface area contributed by atoms with Gasteiger partial charge in [0.25, 0.3) is 0 Å². The largest absolute Gasteiger partial charge is 0.291 e. The zero-order chi connectivity index (χ0) is 10.7. The molecule has 1 aromatic rings. The molecule has 15 heavy (non-hydrogen) atoms. The number of allylic oxidation sites excluding steroid dienone is 2. The molecule has 0 aliphatic heterocycles. The maximum absolute atomic E-state index is 10.2. The van der Waals surface area contributed by atoms with Crippen molar-refractivity contribution in [1.82, 2.24) is 0 Å². The zero-order valence-corrected chi connectivity index (χ0v) is 9.41. The molecule has 0 saturated carbocycles. The van der Waals surface area contributed by atoms with E-state index < -0.39 is 10.6 Å². The molecule has 0 saturated heterocycles. The first-order valence-electron chi connectivity index (χ1n) is 5.23. The first-order valence-corrected chi connectivity index (χ1v) is 6.78. The normalized spacial score (nSPS) is 18.4. The summed E-state index contributed by atoms with van der Waals surface area (Å²) in [5, 5.41) is 0. The van der Waals surface area contributed by atoms with Gasteiger partial charge < -0.3 is 0 Å². The van der Waals surface area contributed by atoms with Crippen molar-refractivity contribution in [2.24, 2.45) is 0 Å². The van der Waals surface area contributed by atoms with Crippen molar-refractivity contribution in [3.8, 4) is 0 Å². The quantitative estimate of drug-likeness (QED) is 0.788. The van der Waals surface area contributed by atoms with Gasteiger partial charge in [-0.2, -0.15) is 0 Å². The summed E-state index contributed by atoms with van der Waals surface area (Å²) in [6.45, 7) is 0. The average molecular weight is 224 g/mol. The van der Waals surface area contributed by atoms with E-state index in [-0.39, 0.29) is 0 Å². The van der Waals surface area contributed by atoms with E-state index >= 15 is 0 Å². The van der Waals surface area contributed by atoms with Gasteiger partial charge in [0.2, 0.25) is 0 Å². The van der Waals surface area contributed by atoms with Crippen LogP contribution in [0.3, 0.4) is 0 Å². The van der Waals surface area contributed by atoms with Gasteiger partial charge in [0.05, 0.1) is 4.90 Å². The van der Waals surface area contributed by atoms with E-state index in [0.717, 1.165) is 30.6 Å². The van der Waals surface area contributed by atoms with E-state index in [1.165, 1.54) is 0 Å². The lowest BCUT2D eigenvalue weighted by Crippen LogP contribution is -2.04. The Labute approximate surface area is 92.0 Å². The van der Waals surface area contributed by atoms with Crippen LogP contribution in [-0.2, 0) is 0 Å². The molecule has 0 fully saturated rings. The van der Waals surface area contributed by atoms with E-state index in [4.69, 9.17) is 0 Å². The topological polar surface area (TPSA) is 40.5 Å². The summed E-state index contributed by atoms with van der Waals surface area (Å²) in [4.78, 5) is 1.46. The van der Waals surface area contributed by atoms with Gasteiger partial charge in [-0.1, -0.05) is 24.3 Å². The van der Waals surface area contributed by atoms with Crippen molar-refractivity contribution in [1.29, 1.82) is 0 Å². The van der Waals surface area contributed by atoms with Crippen LogP contribution in [0.15, 0.2) is 46.2 Å². The van der Waals surface area contributed by atoms with Crippen LogP contribution in [-0.4, -0.2) is 9.11 Å². The van der Waals surface area contributed by atoms with Gasteiger partial charge in [0.15, 0.2) is 0 Å². The van der Waals surface area contributed by atoms with Crippen molar-refractivity contribution < 1.29 is 9.11 Å². The van der Waals surface area contributed by atoms with Crippen LogP contribution in [0.2, 0.25) is 0 Å². The van der Waals surface area contributed by atoms with Gasteiger partial charge in [0.1, 0.15) is 0 Å². The maximum atomic E-state index is 10.2. The second kappa shape index (κ2) is 4.39. The van der Waals surface area contributed by atoms with Crippen LogP contribution in [0.4, 0.5) is 0 Å². The monoisotopic (exact) mass is 224 g/mol. The molecule has 0 radical (unpaired) electrons. The summed E-state index contributed by atoms with van der Waals surface area (Å²) in [5.74, 6) is 0. The lowest BCUT2D eigenvalue weighted by molar-refractivity contribution is 0.490. The molecule has 1 aliphatic rings. The Morgan fingerprint density at radius 1 is 1.00 bits per heavy atom. The first kappa shape index (κ1) is 10.7. The van der Waals surface area contributed by atoms with E-state index in [9.17, 15) is 9.11 Å². The highest BCUT2D eigenvalue weighted by molar-refractivity contribution is 8.27. The standard InChI is InChI=1S/C12H16O2S/c13-15(14,11-7-3-1-4-8-11)12-9-5-2-6-10-12/h1,3-4,7-9,13-14H,2,5-6,10H2. The summed E-state index contributed by atoms with van der Waals surface area (Å²) >= 11 is 0. The highest BCUT2D eigenvalue weighted by Gasteiger charge is 2.21. The third-order valence-electron chi connectivity index (χ3n) is 2.69. The average Bonchev–Trinajstić information content (AvgIpc) is 2.31. The fraction of sp³-hybridized carbons (Fsp3) is 0.333. The van der Waals surface area contributed by atoms with Crippen LogP contribution < -0.4 is 0 Å². The zero-order valence-electron chi connectivity index (χ0n) is 8.60.